The van der Waals surface area contributed by atoms with E-state index in [1.54, 1.807) is 7.11 Å². The van der Waals surface area contributed by atoms with Gasteiger partial charge in [-0.25, -0.2) is 4.98 Å². The van der Waals surface area contributed by atoms with Crippen LogP contribution in [0.1, 0.15) is 5.56 Å². The summed E-state index contributed by atoms with van der Waals surface area (Å²) in [7, 11) is 5.77. The molecule has 0 aliphatic heterocycles. The maximum absolute atomic E-state index is 5.13. The van der Waals surface area contributed by atoms with Gasteiger partial charge in [0.1, 0.15) is 5.65 Å². The molecular formula is C17H19N3O. The molecule has 0 N–H and O–H groups in total. The second-order valence-electron chi connectivity index (χ2n) is 5.30. The third kappa shape index (κ3) is 2.76. The Bertz CT molecular complexity index is 744. The molecule has 0 fully saturated rings. The van der Waals surface area contributed by atoms with E-state index in [0.29, 0.717) is 6.61 Å². The lowest BCUT2D eigenvalue weighted by Crippen LogP contribution is -2.08. The molecule has 3 aromatic rings. The first kappa shape index (κ1) is 13.6. The molecule has 0 aliphatic rings. The molecule has 0 radical (unpaired) electrons. The molecule has 1 aromatic carbocycles. The van der Waals surface area contributed by atoms with Gasteiger partial charge in [-0.15, -0.1) is 0 Å². The van der Waals surface area contributed by atoms with E-state index in [1.165, 1.54) is 5.56 Å². The van der Waals surface area contributed by atoms with Crippen molar-refractivity contribution in [3.8, 4) is 11.3 Å². The highest BCUT2D eigenvalue weighted by atomic mass is 16.5. The van der Waals surface area contributed by atoms with Crippen LogP contribution in [0.5, 0.6) is 0 Å². The minimum Gasteiger partial charge on any atom is -0.380 e. The van der Waals surface area contributed by atoms with Crippen LogP contribution < -0.4 is 4.90 Å². The van der Waals surface area contributed by atoms with E-state index in [9.17, 15) is 0 Å². The average molecular weight is 281 g/mol. The van der Waals surface area contributed by atoms with Crippen LogP contribution in [0.3, 0.4) is 0 Å². The van der Waals surface area contributed by atoms with Crippen molar-refractivity contribution in [2.75, 3.05) is 26.1 Å². The number of fused-ring (bicyclic) bond motifs is 1. The number of imidazole rings is 1. The standard InChI is InChI=1S/C17H19N3O/c1-19(2)15-8-9-20-11-16(18-17(20)10-15)14-6-4-13(5-7-14)12-21-3/h4-11H,12H2,1-3H3. The van der Waals surface area contributed by atoms with Gasteiger partial charge in [0.25, 0.3) is 0 Å². The predicted octanol–water partition coefficient (Wildman–Crippen LogP) is 3.21. The summed E-state index contributed by atoms with van der Waals surface area (Å²) >= 11 is 0. The Morgan fingerprint density at radius 1 is 1.14 bits per heavy atom. The molecule has 3 rings (SSSR count). The van der Waals surface area contributed by atoms with Gasteiger partial charge in [-0.1, -0.05) is 24.3 Å². The molecule has 0 unspecified atom stereocenters. The van der Waals surface area contributed by atoms with Crippen LogP contribution in [0.25, 0.3) is 16.9 Å². The van der Waals surface area contributed by atoms with Crippen LogP contribution >= 0.6 is 0 Å². The molecule has 0 atom stereocenters. The van der Waals surface area contributed by atoms with E-state index in [2.05, 4.69) is 47.5 Å². The van der Waals surface area contributed by atoms with E-state index in [-0.39, 0.29) is 0 Å². The number of nitrogens with zero attached hydrogens (tertiary/aromatic N) is 3. The number of pyridine rings is 1. The molecule has 0 spiro atoms. The number of hydrogen-bond acceptors (Lipinski definition) is 3. The van der Waals surface area contributed by atoms with Gasteiger partial charge in [0.2, 0.25) is 0 Å². The molecule has 21 heavy (non-hydrogen) atoms. The molecule has 0 saturated carbocycles. The summed E-state index contributed by atoms with van der Waals surface area (Å²) in [6.45, 7) is 0.637. The minimum absolute atomic E-state index is 0.637. The van der Waals surface area contributed by atoms with Gasteiger partial charge in [0.05, 0.1) is 12.3 Å². The van der Waals surface area contributed by atoms with Crippen LogP contribution in [-0.2, 0) is 11.3 Å². The van der Waals surface area contributed by atoms with Crippen molar-refractivity contribution in [1.29, 1.82) is 0 Å². The Balaban J connectivity index is 1.96. The van der Waals surface area contributed by atoms with Gasteiger partial charge in [0.15, 0.2) is 0 Å². The highest BCUT2D eigenvalue weighted by molar-refractivity contribution is 5.65. The van der Waals surface area contributed by atoms with E-state index >= 15 is 0 Å². The van der Waals surface area contributed by atoms with Crippen molar-refractivity contribution in [3.05, 3.63) is 54.4 Å². The van der Waals surface area contributed by atoms with Crippen LogP contribution in [0, 0.1) is 0 Å². The Kier molecular flexibility index (Phi) is 3.62. The highest BCUT2D eigenvalue weighted by Crippen LogP contribution is 2.22. The molecule has 0 saturated heterocycles. The van der Waals surface area contributed by atoms with E-state index in [0.717, 1.165) is 22.6 Å². The lowest BCUT2D eigenvalue weighted by atomic mass is 10.1. The lowest BCUT2D eigenvalue weighted by Gasteiger charge is -2.11. The molecule has 0 aliphatic carbocycles. The second-order valence-corrected chi connectivity index (χ2v) is 5.30. The summed E-state index contributed by atoms with van der Waals surface area (Å²) in [5.41, 5.74) is 5.37. The molecule has 108 valence electrons. The Morgan fingerprint density at radius 2 is 1.90 bits per heavy atom. The fourth-order valence-electron chi connectivity index (χ4n) is 2.33. The topological polar surface area (TPSA) is 29.8 Å². The number of benzene rings is 1. The zero-order valence-electron chi connectivity index (χ0n) is 12.6. The molecular weight excluding hydrogens is 262 g/mol. The third-order valence-electron chi connectivity index (χ3n) is 3.52. The van der Waals surface area contributed by atoms with E-state index in [1.807, 2.05) is 24.7 Å². The Hall–Kier alpha value is -2.33. The van der Waals surface area contributed by atoms with Crippen molar-refractivity contribution in [2.45, 2.75) is 6.61 Å². The van der Waals surface area contributed by atoms with Crippen molar-refractivity contribution in [1.82, 2.24) is 9.38 Å². The van der Waals surface area contributed by atoms with Gasteiger partial charge in [-0.2, -0.15) is 0 Å². The summed E-state index contributed by atoms with van der Waals surface area (Å²) in [5, 5.41) is 0. The molecule has 0 amide bonds. The minimum atomic E-state index is 0.637. The lowest BCUT2D eigenvalue weighted by molar-refractivity contribution is 0.185. The third-order valence-corrected chi connectivity index (χ3v) is 3.52. The number of ether oxygens (including phenoxy) is 1. The molecule has 4 heteroatoms. The van der Waals surface area contributed by atoms with Gasteiger partial charge in [-0.3, -0.25) is 0 Å². The van der Waals surface area contributed by atoms with Crippen LogP contribution in [0.2, 0.25) is 0 Å². The van der Waals surface area contributed by atoms with Crippen LogP contribution in [0.15, 0.2) is 48.8 Å². The van der Waals surface area contributed by atoms with Gasteiger partial charge in [-0.05, 0) is 11.6 Å². The van der Waals surface area contributed by atoms with E-state index < -0.39 is 0 Å². The number of hydrogen-bond donors (Lipinski definition) is 0. The predicted molar refractivity (Wildman–Crippen MR) is 85.7 cm³/mol. The summed E-state index contributed by atoms with van der Waals surface area (Å²) in [5.74, 6) is 0. The zero-order valence-corrected chi connectivity index (χ0v) is 12.6. The van der Waals surface area contributed by atoms with Crippen LogP contribution in [-0.4, -0.2) is 30.6 Å². The normalized spacial score (nSPS) is 11.0. The second kappa shape index (κ2) is 5.58. The summed E-state index contributed by atoms with van der Waals surface area (Å²) in [6, 6.07) is 12.5. The molecule has 4 nitrogen and oxygen atoms in total. The maximum atomic E-state index is 5.13. The van der Waals surface area contributed by atoms with Crippen molar-refractivity contribution in [2.24, 2.45) is 0 Å². The fraction of sp³-hybridized carbons (Fsp3) is 0.235. The smallest absolute Gasteiger partial charge is 0.139 e. The average Bonchev–Trinajstić information content (AvgIpc) is 2.91. The summed E-state index contributed by atoms with van der Waals surface area (Å²) < 4.78 is 7.18. The van der Waals surface area contributed by atoms with Crippen molar-refractivity contribution in [3.63, 3.8) is 0 Å². The summed E-state index contributed by atoms with van der Waals surface area (Å²) in [6.07, 6.45) is 4.10. The van der Waals surface area contributed by atoms with Crippen molar-refractivity contribution >= 4 is 11.3 Å². The number of aromatic nitrogens is 2. The first-order valence-corrected chi connectivity index (χ1v) is 6.92. The van der Waals surface area contributed by atoms with Gasteiger partial charge in [0, 0.05) is 50.9 Å². The largest absolute Gasteiger partial charge is 0.380 e. The monoisotopic (exact) mass is 281 g/mol. The Morgan fingerprint density at radius 3 is 2.57 bits per heavy atom. The van der Waals surface area contributed by atoms with E-state index in [4.69, 9.17) is 9.72 Å². The quantitative estimate of drug-likeness (QED) is 0.735. The zero-order chi connectivity index (χ0) is 14.8. The SMILES string of the molecule is COCc1ccc(-c2cn3ccc(N(C)C)cc3n2)cc1. The maximum Gasteiger partial charge on any atom is 0.139 e. The number of anilines is 1. The van der Waals surface area contributed by atoms with Crippen LogP contribution in [0.4, 0.5) is 5.69 Å². The molecule has 0 bridgehead atoms. The first-order chi connectivity index (χ1) is 10.2. The first-order valence-electron chi connectivity index (χ1n) is 6.92. The van der Waals surface area contributed by atoms with Gasteiger partial charge < -0.3 is 14.0 Å². The summed E-state index contributed by atoms with van der Waals surface area (Å²) in [4.78, 5) is 6.78. The number of methoxy groups -OCH3 is 1. The number of rotatable bonds is 4. The molecule has 2 heterocycles. The fourth-order valence-corrected chi connectivity index (χ4v) is 2.33. The molecule has 2 aromatic heterocycles. The van der Waals surface area contributed by atoms with Gasteiger partial charge >= 0.3 is 0 Å². The highest BCUT2D eigenvalue weighted by Gasteiger charge is 2.06. The Labute approximate surface area is 124 Å². The van der Waals surface area contributed by atoms with Crippen molar-refractivity contribution < 1.29 is 4.74 Å².